The largest absolute Gasteiger partial charge is 0.484 e. The van der Waals surface area contributed by atoms with Crippen molar-refractivity contribution < 1.29 is 18.3 Å². The molecule has 126 valence electrons. The van der Waals surface area contributed by atoms with Gasteiger partial charge in [-0.1, -0.05) is 17.3 Å². The van der Waals surface area contributed by atoms with Crippen molar-refractivity contribution in [2.75, 3.05) is 6.61 Å². The van der Waals surface area contributed by atoms with Crippen molar-refractivity contribution >= 4 is 27.5 Å². The van der Waals surface area contributed by atoms with E-state index in [0.717, 1.165) is 11.3 Å². The number of ether oxygens (including phenoxy) is 1. The lowest BCUT2D eigenvalue weighted by molar-refractivity contribution is -0.120. The molecule has 1 amide bonds. The molecule has 7 heteroatoms. The molecule has 1 aromatic heterocycles. The van der Waals surface area contributed by atoms with Gasteiger partial charge >= 0.3 is 0 Å². The number of nitrogens with zero attached hydrogens (tertiary/aromatic N) is 2. The Morgan fingerprint density at radius 2 is 1.92 bits per heavy atom. The first-order chi connectivity index (χ1) is 12.1. The number of terminal acetylenes is 1. The Morgan fingerprint density at radius 1 is 1.20 bits per heavy atom. The van der Waals surface area contributed by atoms with E-state index in [9.17, 15) is 13.6 Å². The van der Waals surface area contributed by atoms with Crippen LogP contribution in [0.3, 0.4) is 0 Å². The zero-order valence-electron chi connectivity index (χ0n) is 12.9. The quantitative estimate of drug-likeness (QED) is 0.673. The van der Waals surface area contributed by atoms with E-state index in [4.69, 9.17) is 11.2 Å². The number of carbonyl (C=O) groups is 1. The Bertz CT molecular complexity index is 1030. The first kappa shape index (κ1) is 16.9. The Hall–Kier alpha value is -2.98. The minimum Gasteiger partial charge on any atom is -0.484 e. The molecule has 0 aliphatic heterocycles. The summed E-state index contributed by atoms with van der Waals surface area (Å²) in [4.78, 5) is 16.4. The number of carbonyl (C=O) groups excluding carboxylic acids is 1. The molecule has 0 fully saturated rings. The molecule has 4 nitrogen and oxygen atoms in total. The molecule has 25 heavy (non-hydrogen) atoms. The number of halogens is 2. The van der Waals surface area contributed by atoms with E-state index >= 15 is 0 Å². The molecular weight excluding hydrogens is 346 g/mol. The smallest absolute Gasteiger partial charge is 0.286 e. The lowest BCUT2D eigenvalue weighted by Gasteiger charge is -2.03. The van der Waals surface area contributed by atoms with Crippen molar-refractivity contribution in [3.8, 4) is 18.1 Å². The van der Waals surface area contributed by atoms with Crippen molar-refractivity contribution in [1.82, 2.24) is 4.57 Å². The van der Waals surface area contributed by atoms with Crippen LogP contribution >= 0.6 is 11.3 Å². The summed E-state index contributed by atoms with van der Waals surface area (Å²) in [7, 11) is 0. The highest BCUT2D eigenvalue weighted by atomic mass is 32.1. The predicted octanol–water partition coefficient (Wildman–Crippen LogP) is 3.12. The Morgan fingerprint density at radius 3 is 2.64 bits per heavy atom. The van der Waals surface area contributed by atoms with E-state index < -0.39 is 11.7 Å². The topological polar surface area (TPSA) is 43.6 Å². The maximum Gasteiger partial charge on any atom is 0.286 e. The average Bonchev–Trinajstić information content (AvgIpc) is 2.91. The minimum absolute atomic E-state index is 0.205. The van der Waals surface area contributed by atoms with Gasteiger partial charge in [0.15, 0.2) is 11.4 Å². The van der Waals surface area contributed by atoms with Gasteiger partial charge < -0.3 is 9.30 Å². The van der Waals surface area contributed by atoms with E-state index in [1.807, 2.05) is 0 Å². The third kappa shape index (κ3) is 3.92. The first-order valence-corrected chi connectivity index (χ1v) is 8.07. The molecule has 0 saturated carbocycles. The van der Waals surface area contributed by atoms with Crippen molar-refractivity contribution in [2.45, 2.75) is 6.54 Å². The summed E-state index contributed by atoms with van der Waals surface area (Å²) in [6.07, 6.45) is 5.37. The highest BCUT2D eigenvalue weighted by molar-refractivity contribution is 7.16. The maximum atomic E-state index is 13.4. The number of thiazole rings is 1. The molecule has 1 heterocycles. The summed E-state index contributed by atoms with van der Waals surface area (Å²) < 4.78 is 33.8. The van der Waals surface area contributed by atoms with E-state index in [0.29, 0.717) is 20.8 Å². The van der Waals surface area contributed by atoms with E-state index in [2.05, 4.69) is 10.9 Å². The van der Waals surface area contributed by atoms with E-state index in [1.54, 1.807) is 10.6 Å². The summed E-state index contributed by atoms with van der Waals surface area (Å²) in [6.45, 7) is -0.0964. The number of aromatic nitrogens is 1. The fourth-order valence-electron chi connectivity index (χ4n) is 2.19. The number of rotatable bonds is 4. The van der Waals surface area contributed by atoms with Crippen LogP contribution < -0.4 is 9.54 Å². The molecule has 0 spiro atoms. The molecule has 0 bridgehead atoms. The summed E-state index contributed by atoms with van der Waals surface area (Å²) >= 11 is 1.16. The normalized spacial score (nSPS) is 11.5. The highest BCUT2D eigenvalue weighted by Gasteiger charge is 2.09. The van der Waals surface area contributed by atoms with Gasteiger partial charge in [0, 0.05) is 0 Å². The second-order valence-corrected chi connectivity index (χ2v) is 6.04. The fraction of sp³-hybridized carbons (Fsp3) is 0.111. The molecule has 0 aliphatic rings. The van der Waals surface area contributed by atoms with Crippen LogP contribution in [0.5, 0.6) is 5.75 Å². The molecule has 0 N–H and O–H groups in total. The van der Waals surface area contributed by atoms with Gasteiger partial charge in [0.1, 0.15) is 17.4 Å². The number of hydrogen-bond acceptors (Lipinski definition) is 3. The Labute approximate surface area is 146 Å². The number of fused-ring (bicyclic) bond motifs is 1. The van der Waals surface area contributed by atoms with Gasteiger partial charge in [-0.25, -0.2) is 8.78 Å². The molecule has 3 rings (SSSR count). The monoisotopic (exact) mass is 358 g/mol. The summed E-state index contributed by atoms with van der Waals surface area (Å²) in [6, 6.07) is 9.59. The van der Waals surface area contributed by atoms with Gasteiger partial charge in [-0.3, -0.25) is 4.79 Å². The molecular formula is C18H12F2N2O2S. The zero-order chi connectivity index (χ0) is 17.8. The van der Waals surface area contributed by atoms with Crippen LogP contribution in [0.1, 0.15) is 0 Å². The van der Waals surface area contributed by atoms with Crippen LogP contribution in [0.2, 0.25) is 0 Å². The number of benzene rings is 2. The van der Waals surface area contributed by atoms with Gasteiger partial charge in [0.2, 0.25) is 0 Å². The molecule has 0 aliphatic carbocycles. The van der Waals surface area contributed by atoms with Gasteiger partial charge in [-0.2, -0.15) is 4.99 Å². The van der Waals surface area contributed by atoms with Crippen LogP contribution in [0.25, 0.3) is 10.2 Å². The van der Waals surface area contributed by atoms with Crippen molar-refractivity contribution in [3.05, 3.63) is 58.9 Å². The molecule has 0 unspecified atom stereocenters. The zero-order valence-corrected chi connectivity index (χ0v) is 13.7. The van der Waals surface area contributed by atoms with Gasteiger partial charge in [0.25, 0.3) is 5.91 Å². The van der Waals surface area contributed by atoms with E-state index in [1.165, 1.54) is 36.4 Å². The molecule has 2 aromatic carbocycles. The molecule has 0 saturated heterocycles. The number of amides is 1. The van der Waals surface area contributed by atoms with Crippen LogP contribution in [-0.2, 0) is 11.3 Å². The van der Waals surface area contributed by atoms with E-state index in [-0.39, 0.29) is 19.0 Å². The second kappa shape index (κ2) is 7.28. The van der Waals surface area contributed by atoms with Gasteiger partial charge in [-0.15, -0.1) is 6.42 Å². The highest BCUT2D eigenvalue weighted by Crippen LogP contribution is 2.18. The Kier molecular flexibility index (Phi) is 4.91. The molecule has 3 aromatic rings. The van der Waals surface area contributed by atoms with Gasteiger partial charge in [0.05, 0.1) is 16.8 Å². The lowest BCUT2D eigenvalue weighted by atomic mass is 10.3. The SMILES string of the molecule is C#CCn1c(=NC(=O)COc2ccc(F)cc2)sc2cc(F)ccc21. The summed E-state index contributed by atoms with van der Waals surface area (Å²) in [5, 5.41) is 0. The lowest BCUT2D eigenvalue weighted by Crippen LogP contribution is -2.19. The van der Waals surface area contributed by atoms with Gasteiger partial charge in [-0.05, 0) is 42.5 Å². The summed E-state index contributed by atoms with van der Waals surface area (Å²) in [5.41, 5.74) is 0.704. The maximum absolute atomic E-state index is 13.4. The van der Waals surface area contributed by atoms with Crippen LogP contribution in [0, 0.1) is 24.0 Å². The third-order valence-electron chi connectivity index (χ3n) is 3.29. The number of hydrogen-bond donors (Lipinski definition) is 0. The summed E-state index contributed by atoms with van der Waals surface area (Å²) in [5.74, 6) is 1.56. The second-order valence-electron chi connectivity index (χ2n) is 5.04. The van der Waals surface area contributed by atoms with Crippen LogP contribution in [0.4, 0.5) is 8.78 Å². The van der Waals surface area contributed by atoms with Crippen molar-refractivity contribution in [3.63, 3.8) is 0 Å². The van der Waals surface area contributed by atoms with Crippen LogP contribution in [0.15, 0.2) is 47.5 Å². The van der Waals surface area contributed by atoms with Crippen molar-refractivity contribution in [2.24, 2.45) is 4.99 Å². The molecule has 0 radical (unpaired) electrons. The predicted molar refractivity (Wildman–Crippen MR) is 91.1 cm³/mol. The van der Waals surface area contributed by atoms with Crippen molar-refractivity contribution in [1.29, 1.82) is 0 Å². The average molecular weight is 358 g/mol. The minimum atomic E-state index is -0.526. The standard InChI is InChI=1S/C18H12F2N2O2S/c1-2-9-22-15-8-5-13(20)10-16(15)25-18(22)21-17(23)11-24-14-6-3-12(19)4-7-14/h1,3-8,10H,9,11H2. The Balaban J connectivity index is 1.86. The first-order valence-electron chi connectivity index (χ1n) is 7.25. The third-order valence-corrected chi connectivity index (χ3v) is 4.33. The van der Waals surface area contributed by atoms with Crippen LogP contribution in [-0.4, -0.2) is 17.1 Å². The molecule has 0 atom stereocenters. The fourth-order valence-corrected chi connectivity index (χ4v) is 3.26.